The highest BCUT2D eigenvalue weighted by Crippen LogP contribution is 2.45. The van der Waals surface area contributed by atoms with E-state index in [9.17, 15) is 8.78 Å². The molecule has 0 aliphatic carbocycles. The Bertz CT molecular complexity index is 1110. The van der Waals surface area contributed by atoms with Crippen LogP contribution >= 0.6 is 0 Å². The molecule has 0 saturated carbocycles. The van der Waals surface area contributed by atoms with Gasteiger partial charge in [0.2, 0.25) is 0 Å². The van der Waals surface area contributed by atoms with Crippen LogP contribution in [-0.4, -0.2) is 21.4 Å². The first-order valence-corrected chi connectivity index (χ1v) is 8.95. The Hall–Kier alpha value is -2.69. The molecule has 0 saturated heterocycles. The first kappa shape index (κ1) is 17.7. The van der Waals surface area contributed by atoms with Crippen molar-refractivity contribution < 1.29 is 8.78 Å². The maximum absolute atomic E-state index is 14.0. The van der Waals surface area contributed by atoms with Gasteiger partial charge in [-0.15, -0.1) is 10.2 Å². The maximum Gasteiger partial charge on any atom is 0.186 e. The number of aryl methyl sites for hydroxylation is 1. The fourth-order valence-electron chi connectivity index (χ4n) is 3.84. The van der Waals surface area contributed by atoms with Crippen LogP contribution in [0.15, 0.2) is 41.4 Å². The fourth-order valence-corrected chi connectivity index (χ4v) is 3.84. The van der Waals surface area contributed by atoms with Gasteiger partial charge in [0.15, 0.2) is 11.6 Å². The first-order valence-electron chi connectivity index (χ1n) is 8.95. The third-order valence-corrected chi connectivity index (χ3v) is 5.97. The van der Waals surface area contributed by atoms with E-state index in [4.69, 9.17) is 4.99 Å². The molecule has 4 rings (SSSR count). The summed E-state index contributed by atoms with van der Waals surface area (Å²) in [6.45, 7) is 10.7. The second-order valence-corrected chi connectivity index (χ2v) is 8.17. The number of aromatic nitrogens is 2. The number of benzene rings is 2. The summed E-state index contributed by atoms with van der Waals surface area (Å²) >= 11 is 0. The molecule has 1 aliphatic heterocycles. The molecular weight excluding hydrogens is 344 g/mol. The molecule has 3 nitrogen and oxygen atoms in total. The van der Waals surface area contributed by atoms with E-state index in [0.717, 1.165) is 17.3 Å². The zero-order chi connectivity index (χ0) is 19.6. The van der Waals surface area contributed by atoms with Crippen molar-refractivity contribution in [3.05, 3.63) is 70.4 Å². The minimum absolute atomic E-state index is 0.0702. The van der Waals surface area contributed by atoms with Crippen LogP contribution in [-0.2, 0) is 5.41 Å². The van der Waals surface area contributed by atoms with E-state index in [1.165, 1.54) is 17.2 Å². The molecule has 27 heavy (non-hydrogen) atoms. The van der Waals surface area contributed by atoms with Crippen LogP contribution in [0.1, 0.15) is 50.1 Å². The lowest BCUT2D eigenvalue weighted by Gasteiger charge is -2.45. The molecule has 2 aromatic carbocycles. The topological polar surface area (TPSA) is 38.1 Å². The van der Waals surface area contributed by atoms with E-state index >= 15 is 0 Å². The molecule has 1 aromatic heterocycles. The van der Waals surface area contributed by atoms with Gasteiger partial charge in [-0.25, -0.2) is 8.78 Å². The SMILES string of the molecule is Cc1cccc2c1C(C)(C)C(C)(C)N=C2c1cc2ccc(F)c(F)c2nn1. The van der Waals surface area contributed by atoms with Crippen LogP contribution in [0.3, 0.4) is 0 Å². The molecule has 0 spiro atoms. The Morgan fingerprint density at radius 2 is 1.67 bits per heavy atom. The van der Waals surface area contributed by atoms with Crippen LogP contribution < -0.4 is 0 Å². The summed E-state index contributed by atoms with van der Waals surface area (Å²) in [5.74, 6) is -1.90. The van der Waals surface area contributed by atoms with Crippen LogP contribution in [0.4, 0.5) is 8.78 Å². The van der Waals surface area contributed by atoms with Gasteiger partial charge in [0, 0.05) is 16.4 Å². The summed E-state index contributed by atoms with van der Waals surface area (Å²) in [6, 6.07) is 10.5. The molecular formula is C22H21F2N3. The second kappa shape index (κ2) is 5.65. The molecule has 3 aromatic rings. The van der Waals surface area contributed by atoms with Crippen molar-refractivity contribution in [3.8, 4) is 0 Å². The van der Waals surface area contributed by atoms with Crippen molar-refractivity contribution in [3.63, 3.8) is 0 Å². The standard InChI is InChI=1S/C22H21F2N3/c1-12-7-6-8-14-17(12)21(2,3)22(4,5)25-20(14)16-11-13-9-10-15(23)18(24)19(13)27-26-16/h6-11H,1-5H3. The molecule has 0 fully saturated rings. The van der Waals surface area contributed by atoms with Crippen molar-refractivity contribution in [1.29, 1.82) is 0 Å². The molecule has 0 atom stereocenters. The van der Waals surface area contributed by atoms with Crippen molar-refractivity contribution in [2.24, 2.45) is 4.99 Å². The number of hydrogen-bond donors (Lipinski definition) is 0. The number of aliphatic imine (C=N–C) groups is 1. The number of nitrogens with zero attached hydrogens (tertiary/aromatic N) is 3. The summed E-state index contributed by atoms with van der Waals surface area (Å²) < 4.78 is 27.4. The summed E-state index contributed by atoms with van der Waals surface area (Å²) in [7, 11) is 0. The minimum Gasteiger partial charge on any atom is -0.275 e. The van der Waals surface area contributed by atoms with E-state index in [-0.39, 0.29) is 16.5 Å². The van der Waals surface area contributed by atoms with Gasteiger partial charge in [-0.1, -0.05) is 32.0 Å². The Balaban J connectivity index is 1.99. The summed E-state index contributed by atoms with van der Waals surface area (Å²) in [5, 5.41) is 8.64. The largest absolute Gasteiger partial charge is 0.275 e. The molecule has 0 bridgehead atoms. The average Bonchev–Trinajstić information content (AvgIpc) is 2.61. The lowest BCUT2D eigenvalue weighted by atomic mass is 9.64. The predicted octanol–water partition coefficient (Wildman–Crippen LogP) is 5.12. The minimum atomic E-state index is -0.977. The fraction of sp³-hybridized carbons (Fsp3) is 0.318. The van der Waals surface area contributed by atoms with Crippen molar-refractivity contribution in [2.75, 3.05) is 0 Å². The number of hydrogen-bond acceptors (Lipinski definition) is 3. The first-order chi connectivity index (χ1) is 12.6. The lowest BCUT2D eigenvalue weighted by molar-refractivity contribution is 0.302. The van der Waals surface area contributed by atoms with E-state index in [0.29, 0.717) is 11.1 Å². The third-order valence-electron chi connectivity index (χ3n) is 5.97. The number of fused-ring (bicyclic) bond motifs is 2. The molecule has 5 heteroatoms. The van der Waals surface area contributed by atoms with Crippen molar-refractivity contribution in [1.82, 2.24) is 10.2 Å². The zero-order valence-corrected chi connectivity index (χ0v) is 16.1. The van der Waals surface area contributed by atoms with E-state index in [1.807, 2.05) is 12.1 Å². The van der Waals surface area contributed by atoms with Gasteiger partial charge >= 0.3 is 0 Å². The Morgan fingerprint density at radius 1 is 0.926 bits per heavy atom. The highest BCUT2D eigenvalue weighted by molar-refractivity contribution is 6.14. The van der Waals surface area contributed by atoms with E-state index < -0.39 is 11.6 Å². The van der Waals surface area contributed by atoms with E-state index in [1.54, 1.807) is 6.07 Å². The molecule has 138 valence electrons. The third kappa shape index (κ3) is 2.48. The van der Waals surface area contributed by atoms with Crippen molar-refractivity contribution in [2.45, 2.75) is 45.6 Å². The van der Waals surface area contributed by atoms with Crippen LogP contribution in [0, 0.1) is 18.6 Å². The second-order valence-electron chi connectivity index (χ2n) is 8.17. The number of rotatable bonds is 1. The normalized spacial score (nSPS) is 17.5. The quantitative estimate of drug-likeness (QED) is 0.600. The zero-order valence-electron chi connectivity index (χ0n) is 16.1. The van der Waals surface area contributed by atoms with Gasteiger partial charge in [0.05, 0.1) is 11.3 Å². The van der Waals surface area contributed by atoms with E-state index in [2.05, 4.69) is 50.9 Å². The van der Waals surface area contributed by atoms with Gasteiger partial charge < -0.3 is 0 Å². The van der Waals surface area contributed by atoms with Gasteiger partial charge in [-0.3, -0.25) is 4.99 Å². The highest BCUT2D eigenvalue weighted by atomic mass is 19.2. The van der Waals surface area contributed by atoms with Gasteiger partial charge in [0.25, 0.3) is 0 Å². The molecule has 0 radical (unpaired) electrons. The summed E-state index contributed by atoms with van der Waals surface area (Å²) in [5.41, 5.74) is 4.12. The summed E-state index contributed by atoms with van der Waals surface area (Å²) in [6.07, 6.45) is 0. The molecule has 2 heterocycles. The van der Waals surface area contributed by atoms with Crippen LogP contribution in [0.2, 0.25) is 0 Å². The van der Waals surface area contributed by atoms with Gasteiger partial charge in [-0.05, 0) is 50.1 Å². The smallest absolute Gasteiger partial charge is 0.186 e. The van der Waals surface area contributed by atoms with Crippen LogP contribution in [0.25, 0.3) is 10.9 Å². The van der Waals surface area contributed by atoms with Crippen molar-refractivity contribution >= 4 is 16.6 Å². The lowest BCUT2D eigenvalue weighted by Crippen LogP contribution is -2.46. The molecule has 0 amide bonds. The Labute approximate surface area is 157 Å². The maximum atomic E-state index is 14.0. The monoisotopic (exact) mass is 365 g/mol. The predicted molar refractivity (Wildman–Crippen MR) is 103 cm³/mol. The highest BCUT2D eigenvalue weighted by Gasteiger charge is 2.44. The average molecular weight is 365 g/mol. The van der Waals surface area contributed by atoms with Gasteiger partial charge in [0.1, 0.15) is 11.2 Å². The Morgan fingerprint density at radius 3 is 2.41 bits per heavy atom. The molecule has 1 aliphatic rings. The molecule has 0 unspecified atom stereocenters. The van der Waals surface area contributed by atoms with Gasteiger partial charge in [-0.2, -0.15) is 0 Å². The van der Waals surface area contributed by atoms with Crippen LogP contribution in [0.5, 0.6) is 0 Å². The number of halogens is 2. The Kier molecular flexibility index (Phi) is 3.71. The molecule has 0 N–H and O–H groups in total. The summed E-state index contributed by atoms with van der Waals surface area (Å²) in [4.78, 5) is 5.01.